The Morgan fingerprint density at radius 1 is 1.13 bits per heavy atom. The lowest BCUT2D eigenvalue weighted by Crippen LogP contribution is -2.41. The molecule has 0 saturated carbocycles. The van der Waals surface area contributed by atoms with Crippen LogP contribution in [0, 0.1) is 13.8 Å². The number of hydrogen-bond donors (Lipinski definition) is 0. The minimum absolute atomic E-state index is 0.00707. The van der Waals surface area contributed by atoms with Crippen molar-refractivity contribution in [3.63, 3.8) is 0 Å². The summed E-state index contributed by atoms with van der Waals surface area (Å²) in [5, 5.41) is 0. The zero-order valence-corrected chi connectivity index (χ0v) is 18.8. The van der Waals surface area contributed by atoms with Crippen LogP contribution >= 0.6 is 0 Å². The van der Waals surface area contributed by atoms with Crippen LogP contribution < -0.4 is 0 Å². The molecule has 8 nitrogen and oxygen atoms in total. The fourth-order valence-electron chi connectivity index (χ4n) is 4.01. The summed E-state index contributed by atoms with van der Waals surface area (Å²) >= 11 is 0. The Morgan fingerprint density at radius 2 is 1.84 bits per heavy atom. The molecule has 4 rings (SSSR count). The summed E-state index contributed by atoms with van der Waals surface area (Å²) in [5.41, 5.74) is 3.01. The lowest BCUT2D eigenvalue weighted by molar-refractivity contribution is 0.0301. The predicted octanol–water partition coefficient (Wildman–Crippen LogP) is 1.89. The number of morpholine rings is 1. The number of nitrogens with zero attached hydrogens (tertiary/aromatic N) is 4. The molecule has 2 aliphatic heterocycles. The number of carbonyl (C=O) groups excluding carboxylic acids is 1. The normalized spacial score (nSPS) is 20.2. The highest BCUT2D eigenvalue weighted by molar-refractivity contribution is 7.88. The predicted molar refractivity (Wildman–Crippen MR) is 116 cm³/mol. The van der Waals surface area contributed by atoms with Gasteiger partial charge in [0.05, 0.1) is 30.2 Å². The maximum atomic E-state index is 12.9. The summed E-state index contributed by atoms with van der Waals surface area (Å²) < 4.78 is 32.6. The Kier molecular flexibility index (Phi) is 6.36. The summed E-state index contributed by atoms with van der Waals surface area (Å²) in [6.45, 7) is 6.81. The van der Waals surface area contributed by atoms with Crippen LogP contribution in [0.5, 0.6) is 0 Å². The zero-order valence-electron chi connectivity index (χ0n) is 18.0. The van der Waals surface area contributed by atoms with Crippen molar-refractivity contribution >= 4 is 15.9 Å². The third-order valence-corrected chi connectivity index (χ3v) is 7.72. The monoisotopic (exact) mass is 444 g/mol. The van der Waals surface area contributed by atoms with E-state index in [0.717, 1.165) is 11.1 Å². The van der Waals surface area contributed by atoms with E-state index in [0.29, 0.717) is 62.9 Å². The second-order valence-electron chi connectivity index (χ2n) is 8.22. The molecular formula is C22H28N4O4S. The number of carbonyl (C=O) groups is 1. The van der Waals surface area contributed by atoms with Crippen molar-refractivity contribution in [2.24, 2.45) is 0 Å². The largest absolute Gasteiger partial charge is 0.378 e. The minimum Gasteiger partial charge on any atom is -0.378 e. The molecule has 2 aromatic rings. The minimum atomic E-state index is -3.41. The van der Waals surface area contributed by atoms with Gasteiger partial charge in [-0.05, 0) is 25.8 Å². The molecule has 0 radical (unpaired) electrons. The number of rotatable bonds is 5. The first-order valence-corrected chi connectivity index (χ1v) is 12.2. The average molecular weight is 445 g/mol. The summed E-state index contributed by atoms with van der Waals surface area (Å²) in [7, 11) is -3.41. The quantitative estimate of drug-likeness (QED) is 0.699. The van der Waals surface area contributed by atoms with Crippen molar-refractivity contribution in [1.82, 2.24) is 19.2 Å². The Morgan fingerprint density at radius 3 is 2.52 bits per heavy atom. The first-order chi connectivity index (χ1) is 14.8. The molecule has 0 spiro atoms. The molecule has 2 fully saturated rings. The van der Waals surface area contributed by atoms with E-state index in [1.54, 1.807) is 18.0 Å². The summed E-state index contributed by atoms with van der Waals surface area (Å²) in [5.74, 6) is 0.441. The van der Waals surface area contributed by atoms with Gasteiger partial charge in [-0.15, -0.1) is 0 Å². The number of aromatic nitrogens is 2. The maximum absolute atomic E-state index is 12.9. The zero-order chi connectivity index (χ0) is 22.0. The van der Waals surface area contributed by atoms with E-state index in [1.807, 2.05) is 31.2 Å². The van der Waals surface area contributed by atoms with Crippen LogP contribution in [0.15, 0.2) is 30.5 Å². The molecule has 31 heavy (non-hydrogen) atoms. The standard InChI is InChI=1S/C22H28N4O4S/c1-16-3-5-18(6-4-16)15-31(28,29)26-8-7-19(14-26)21-23-13-20(17(2)24-21)22(27)25-9-11-30-12-10-25/h3-6,13,19H,7-12,14-15H2,1-2H3. The van der Waals surface area contributed by atoms with Gasteiger partial charge < -0.3 is 9.64 Å². The van der Waals surface area contributed by atoms with Gasteiger partial charge in [0, 0.05) is 38.3 Å². The van der Waals surface area contributed by atoms with Crippen molar-refractivity contribution in [1.29, 1.82) is 0 Å². The molecule has 1 unspecified atom stereocenters. The molecule has 166 valence electrons. The van der Waals surface area contributed by atoms with Crippen LogP contribution in [0.2, 0.25) is 0 Å². The SMILES string of the molecule is Cc1ccc(CS(=O)(=O)N2CCC(c3ncc(C(=O)N4CCOCC4)c(C)n3)C2)cc1. The highest BCUT2D eigenvalue weighted by Gasteiger charge is 2.34. The highest BCUT2D eigenvalue weighted by Crippen LogP contribution is 2.28. The summed E-state index contributed by atoms with van der Waals surface area (Å²) in [6.07, 6.45) is 2.25. The number of benzene rings is 1. The smallest absolute Gasteiger partial charge is 0.257 e. The molecule has 1 aromatic heterocycles. The molecule has 2 saturated heterocycles. The van der Waals surface area contributed by atoms with Crippen molar-refractivity contribution < 1.29 is 17.9 Å². The number of aryl methyl sites for hydroxylation is 2. The van der Waals surface area contributed by atoms with Crippen LogP contribution in [0.1, 0.15) is 45.3 Å². The van der Waals surface area contributed by atoms with Gasteiger partial charge in [0.2, 0.25) is 10.0 Å². The highest BCUT2D eigenvalue weighted by atomic mass is 32.2. The van der Waals surface area contributed by atoms with Crippen LogP contribution in [-0.2, 0) is 20.5 Å². The van der Waals surface area contributed by atoms with Gasteiger partial charge in [0.15, 0.2) is 0 Å². The molecule has 0 aliphatic carbocycles. The molecule has 1 atom stereocenters. The van der Waals surface area contributed by atoms with Crippen molar-refractivity contribution in [2.75, 3.05) is 39.4 Å². The van der Waals surface area contributed by atoms with Gasteiger partial charge >= 0.3 is 0 Å². The van der Waals surface area contributed by atoms with Gasteiger partial charge in [0.1, 0.15) is 5.82 Å². The molecule has 0 N–H and O–H groups in total. The first-order valence-electron chi connectivity index (χ1n) is 10.6. The topological polar surface area (TPSA) is 92.7 Å². The third kappa shape index (κ3) is 4.94. The van der Waals surface area contributed by atoms with Gasteiger partial charge in [-0.3, -0.25) is 4.79 Å². The Bertz CT molecular complexity index is 1050. The Hall–Kier alpha value is -2.36. The fraction of sp³-hybridized carbons (Fsp3) is 0.500. The Labute approximate surface area is 183 Å². The van der Waals surface area contributed by atoms with Gasteiger partial charge in [-0.1, -0.05) is 29.8 Å². The molecule has 2 aliphatic rings. The maximum Gasteiger partial charge on any atom is 0.257 e. The molecule has 3 heterocycles. The van der Waals surface area contributed by atoms with Crippen molar-refractivity contribution in [3.8, 4) is 0 Å². The molecule has 1 aromatic carbocycles. The van der Waals surface area contributed by atoms with Gasteiger partial charge in [-0.25, -0.2) is 22.7 Å². The third-order valence-electron chi connectivity index (χ3n) is 5.91. The van der Waals surface area contributed by atoms with E-state index < -0.39 is 10.0 Å². The van der Waals surface area contributed by atoms with Gasteiger partial charge in [-0.2, -0.15) is 0 Å². The van der Waals surface area contributed by atoms with E-state index >= 15 is 0 Å². The van der Waals surface area contributed by atoms with E-state index in [1.165, 1.54) is 4.31 Å². The fourth-order valence-corrected chi connectivity index (χ4v) is 5.59. The summed E-state index contributed by atoms with van der Waals surface area (Å²) in [6, 6.07) is 7.57. The summed E-state index contributed by atoms with van der Waals surface area (Å²) in [4.78, 5) is 23.5. The average Bonchev–Trinajstić information content (AvgIpc) is 3.27. The van der Waals surface area contributed by atoms with E-state index in [4.69, 9.17) is 4.74 Å². The number of amides is 1. The van der Waals surface area contributed by atoms with E-state index in [-0.39, 0.29) is 17.6 Å². The number of ether oxygens (including phenoxy) is 1. The second-order valence-corrected chi connectivity index (χ2v) is 10.2. The second kappa shape index (κ2) is 9.02. The molecule has 1 amide bonds. The van der Waals surface area contributed by atoms with Crippen molar-refractivity contribution in [2.45, 2.75) is 31.9 Å². The lowest BCUT2D eigenvalue weighted by Gasteiger charge is -2.27. The lowest BCUT2D eigenvalue weighted by atomic mass is 10.1. The van der Waals surface area contributed by atoms with E-state index in [2.05, 4.69) is 9.97 Å². The first kappa shape index (κ1) is 21.9. The number of hydrogen-bond acceptors (Lipinski definition) is 6. The Balaban J connectivity index is 1.43. The molecule has 0 bridgehead atoms. The van der Waals surface area contributed by atoms with Gasteiger partial charge in [0.25, 0.3) is 5.91 Å². The van der Waals surface area contributed by atoms with Crippen LogP contribution in [0.4, 0.5) is 0 Å². The molecular weight excluding hydrogens is 416 g/mol. The van der Waals surface area contributed by atoms with Crippen LogP contribution in [-0.4, -0.2) is 72.9 Å². The number of sulfonamides is 1. The van der Waals surface area contributed by atoms with Crippen LogP contribution in [0.3, 0.4) is 0 Å². The van der Waals surface area contributed by atoms with Crippen molar-refractivity contribution in [3.05, 3.63) is 58.7 Å². The van der Waals surface area contributed by atoms with E-state index in [9.17, 15) is 13.2 Å². The van der Waals surface area contributed by atoms with Crippen LogP contribution in [0.25, 0.3) is 0 Å². The molecule has 9 heteroatoms.